The van der Waals surface area contributed by atoms with Crippen molar-refractivity contribution in [3.8, 4) is 5.75 Å². The number of nitrogens with one attached hydrogen (secondary N) is 1. The molecule has 0 bridgehead atoms. The molecule has 2 heterocycles. The number of nitrogens with zero attached hydrogens (tertiary/aromatic N) is 2. The largest absolute Gasteiger partial charge is 0.495 e. The van der Waals surface area contributed by atoms with Crippen molar-refractivity contribution in [2.45, 2.75) is 13.0 Å². The van der Waals surface area contributed by atoms with E-state index in [4.69, 9.17) is 14.0 Å². The van der Waals surface area contributed by atoms with E-state index in [2.05, 4.69) is 15.5 Å². The van der Waals surface area contributed by atoms with Gasteiger partial charge in [0.25, 0.3) is 5.89 Å². The quantitative estimate of drug-likeness (QED) is 0.265. The Balaban J connectivity index is 1.38. The van der Waals surface area contributed by atoms with Crippen LogP contribution >= 0.6 is 11.3 Å². The van der Waals surface area contributed by atoms with Crippen LogP contribution in [0, 0.1) is 5.82 Å². The minimum Gasteiger partial charge on any atom is -0.495 e. The molecule has 4 rings (SSSR count). The number of carbonyl (C=O) groups excluding carboxylic acids is 2. The lowest BCUT2D eigenvalue weighted by Crippen LogP contribution is -2.15. The monoisotopic (exact) mass is 493 g/mol. The fourth-order valence-corrected chi connectivity index (χ4v) is 3.83. The molecule has 0 radical (unpaired) electrons. The summed E-state index contributed by atoms with van der Waals surface area (Å²) >= 11 is 1.37. The molecule has 0 aliphatic carbocycles. The van der Waals surface area contributed by atoms with Gasteiger partial charge in [0, 0.05) is 4.88 Å². The van der Waals surface area contributed by atoms with Gasteiger partial charge in [-0.3, -0.25) is 4.79 Å². The number of thiophene rings is 1. The molecule has 2 aromatic carbocycles. The Morgan fingerprint density at radius 1 is 1.11 bits per heavy atom. The zero-order valence-electron chi connectivity index (χ0n) is 18.6. The van der Waals surface area contributed by atoms with E-state index in [-0.39, 0.29) is 36.5 Å². The minimum atomic E-state index is -0.606. The van der Waals surface area contributed by atoms with Gasteiger partial charge in [-0.15, -0.1) is 11.3 Å². The molecule has 4 aromatic rings. The van der Waals surface area contributed by atoms with Gasteiger partial charge in [-0.05, 0) is 47.4 Å². The van der Waals surface area contributed by atoms with Gasteiger partial charge in [0.05, 0.1) is 24.8 Å². The Bertz CT molecular complexity index is 1330. The number of halogens is 1. The van der Waals surface area contributed by atoms with Crippen molar-refractivity contribution in [1.82, 2.24) is 10.1 Å². The lowest BCUT2D eigenvalue weighted by Gasteiger charge is -2.08. The maximum atomic E-state index is 13.2. The number of methoxy groups -OCH3 is 1. The van der Waals surface area contributed by atoms with E-state index in [0.717, 1.165) is 0 Å². The van der Waals surface area contributed by atoms with Crippen LogP contribution in [0.1, 0.15) is 22.2 Å². The van der Waals surface area contributed by atoms with E-state index < -0.39 is 5.97 Å². The maximum absolute atomic E-state index is 13.2. The summed E-state index contributed by atoms with van der Waals surface area (Å²) in [6.07, 6.45) is 1.48. The van der Waals surface area contributed by atoms with Gasteiger partial charge in [0.1, 0.15) is 11.6 Å². The summed E-state index contributed by atoms with van der Waals surface area (Å²) in [4.78, 5) is 30.0. The summed E-state index contributed by atoms with van der Waals surface area (Å²) in [5.41, 5.74) is 1.47. The van der Waals surface area contributed by atoms with E-state index in [9.17, 15) is 14.0 Å². The highest BCUT2D eigenvalue weighted by Crippen LogP contribution is 2.25. The van der Waals surface area contributed by atoms with Gasteiger partial charge < -0.3 is 19.3 Å². The summed E-state index contributed by atoms with van der Waals surface area (Å²) in [5, 5.41) is 8.33. The standard InChI is InChI=1S/C25H20FN3O5S/c1-32-20-6-3-2-5-19(20)27-23(30)14-22-28-24(34-29-22)15-33-25(31)18(21-7-4-12-35-21)13-16-8-10-17(26)11-9-16/h2-13H,14-15H2,1H3,(H,27,30)/b18-13+. The van der Waals surface area contributed by atoms with Crippen molar-refractivity contribution in [3.05, 3.63) is 94.0 Å². The van der Waals surface area contributed by atoms with Gasteiger partial charge in [-0.2, -0.15) is 4.98 Å². The van der Waals surface area contributed by atoms with Crippen LogP contribution in [0.4, 0.5) is 10.1 Å². The molecule has 0 aliphatic heterocycles. The van der Waals surface area contributed by atoms with Crippen molar-refractivity contribution in [2.24, 2.45) is 0 Å². The van der Waals surface area contributed by atoms with Gasteiger partial charge >= 0.3 is 5.97 Å². The molecule has 10 heteroatoms. The molecule has 0 atom stereocenters. The predicted molar refractivity (Wildman–Crippen MR) is 128 cm³/mol. The molecule has 0 fully saturated rings. The lowest BCUT2D eigenvalue weighted by atomic mass is 10.1. The molecular weight excluding hydrogens is 473 g/mol. The molecule has 0 aliphatic rings. The van der Waals surface area contributed by atoms with Crippen molar-refractivity contribution in [3.63, 3.8) is 0 Å². The Hall–Kier alpha value is -4.31. The third-order valence-electron chi connectivity index (χ3n) is 4.72. The van der Waals surface area contributed by atoms with E-state index in [1.807, 2.05) is 11.4 Å². The Kier molecular flexibility index (Phi) is 7.63. The van der Waals surface area contributed by atoms with Crippen LogP contribution in [0.15, 0.2) is 70.6 Å². The predicted octanol–water partition coefficient (Wildman–Crippen LogP) is 4.74. The van der Waals surface area contributed by atoms with Crippen LogP contribution < -0.4 is 10.1 Å². The van der Waals surface area contributed by atoms with E-state index >= 15 is 0 Å². The summed E-state index contributed by atoms with van der Waals surface area (Å²) < 4.78 is 28.9. The molecule has 0 saturated heterocycles. The van der Waals surface area contributed by atoms with Crippen molar-refractivity contribution >= 4 is 40.5 Å². The van der Waals surface area contributed by atoms with Crippen molar-refractivity contribution < 1.29 is 28.0 Å². The Labute approximate surface area is 204 Å². The third-order valence-corrected chi connectivity index (χ3v) is 5.63. The zero-order valence-corrected chi connectivity index (χ0v) is 19.4. The third kappa shape index (κ3) is 6.39. The molecule has 178 valence electrons. The van der Waals surface area contributed by atoms with Crippen LogP contribution in [0.5, 0.6) is 5.75 Å². The molecule has 2 aromatic heterocycles. The minimum absolute atomic E-state index is 0.0470. The number of hydrogen-bond acceptors (Lipinski definition) is 8. The second-order valence-corrected chi connectivity index (χ2v) is 8.14. The van der Waals surface area contributed by atoms with Gasteiger partial charge in [-0.25, -0.2) is 9.18 Å². The summed E-state index contributed by atoms with van der Waals surface area (Å²) in [6, 6.07) is 16.4. The molecule has 35 heavy (non-hydrogen) atoms. The number of ether oxygens (including phenoxy) is 2. The number of anilines is 1. The number of esters is 1. The summed E-state index contributed by atoms with van der Waals surface area (Å²) in [7, 11) is 1.51. The normalized spacial score (nSPS) is 11.2. The second kappa shape index (κ2) is 11.2. The molecule has 1 amide bonds. The maximum Gasteiger partial charge on any atom is 0.340 e. The molecule has 8 nitrogen and oxygen atoms in total. The SMILES string of the molecule is COc1ccccc1NC(=O)Cc1noc(COC(=O)/C(=C/c2ccc(F)cc2)c2cccs2)n1. The number of carbonyl (C=O) groups is 2. The van der Waals surface area contributed by atoms with E-state index in [0.29, 0.717) is 27.5 Å². The fourth-order valence-electron chi connectivity index (χ4n) is 3.10. The highest BCUT2D eigenvalue weighted by atomic mass is 32.1. The van der Waals surface area contributed by atoms with E-state index in [1.165, 1.54) is 30.6 Å². The Morgan fingerprint density at radius 3 is 2.66 bits per heavy atom. The van der Waals surface area contributed by atoms with Crippen LogP contribution in [0.25, 0.3) is 11.6 Å². The number of para-hydroxylation sites is 2. The Morgan fingerprint density at radius 2 is 1.91 bits per heavy atom. The van der Waals surface area contributed by atoms with Gasteiger partial charge in [0.2, 0.25) is 5.91 Å². The average molecular weight is 494 g/mol. The number of aromatic nitrogens is 2. The van der Waals surface area contributed by atoms with Gasteiger partial charge in [0.15, 0.2) is 12.4 Å². The zero-order chi connectivity index (χ0) is 24.6. The smallest absolute Gasteiger partial charge is 0.340 e. The first kappa shape index (κ1) is 23.8. The topological polar surface area (TPSA) is 104 Å². The molecule has 1 N–H and O–H groups in total. The van der Waals surface area contributed by atoms with E-state index in [1.54, 1.807) is 48.5 Å². The molecular formula is C25H20FN3O5S. The van der Waals surface area contributed by atoms with Crippen LogP contribution in [-0.2, 0) is 27.4 Å². The number of rotatable bonds is 9. The number of benzene rings is 2. The first-order valence-corrected chi connectivity index (χ1v) is 11.3. The summed E-state index contributed by atoms with van der Waals surface area (Å²) in [5.74, 6) is -0.621. The average Bonchev–Trinajstić information content (AvgIpc) is 3.55. The van der Waals surface area contributed by atoms with Crippen LogP contribution in [0.3, 0.4) is 0 Å². The highest BCUT2D eigenvalue weighted by molar-refractivity contribution is 7.11. The van der Waals surface area contributed by atoms with Gasteiger partial charge in [-0.1, -0.05) is 35.5 Å². The lowest BCUT2D eigenvalue weighted by molar-refractivity contribution is -0.138. The van der Waals surface area contributed by atoms with Crippen molar-refractivity contribution in [2.75, 3.05) is 12.4 Å². The number of hydrogen-bond donors (Lipinski definition) is 1. The highest BCUT2D eigenvalue weighted by Gasteiger charge is 2.18. The molecule has 0 unspecified atom stereocenters. The van der Waals surface area contributed by atoms with Crippen LogP contribution in [-0.4, -0.2) is 29.1 Å². The first-order chi connectivity index (χ1) is 17.0. The number of amides is 1. The summed E-state index contributed by atoms with van der Waals surface area (Å²) in [6.45, 7) is -0.272. The van der Waals surface area contributed by atoms with Crippen molar-refractivity contribution in [1.29, 1.82) is 0 Å². The van der Waals surface area contributed by atoms with Crippen LogP contribution in [0.2, 0.25) is 0 Å². The fraction of sp³-hybridized carbons (Fsp3) is 0.120. The first-order valence-electron chi connectivity index (χ1n) is 10.4. The molecule has 0 spiro atoms. The molecule has 0 saturated carbocycles. The second-order valence-electron chi connectivity index (χ2n) is 7.19.